The number of hydrogen-bond acceptors (Lipinski definition) is 5. The zero-order chi connectivity index (χ0) is 14.9. The van der Waals surface area contributed by atoms with Crippen LogP contribution in [0.1, 0.15) is 0 Å². The van der Waals surface area contributed by atoms with Crippen LogP contribution in [0.4, 0.5) is 5.69 Å². The van der Waals surface area contributed by atoms with Gasteiger partial charge in [-0.2, -0.15) is 0 Å². The first kappa shape index (κ1) is 14.8. The normalized spacial score (nSPS) is 14.8. The van der Waals surface area contributed by atoms with Crippen molar-refractivity contribution in [2.45, 2.75) is 0 Å². The Hall–Kier alpha value is -1.57. The van der Waals surface area contributed by atoms with Gasteiger partial charge in [0.05, 0.1) is 23.3 Å². The number of anilines is 1. The van der Waals surface area contributed by atoms with Gasteiger partial charge in [-0.1, -0.05) is 11.6 Å². The summed E-state index contributed by atoms with van der Waals surface area (Å²) in [5.41, 5.74) is 0.204. The molecule has 1 aromatic carbocycles. The Bertz CT molecular complexity index is 618. The van der Waals surface area contributed by atoms with E-state index in [1.807, 2.05) is 0 Å². The largest absolute Gasteiger partial charge is 0.505 e. The number of benzene rings is 1. The molecular formula is C12H10BrClN2O4. The van der Waals surface area contributed by atoms with Gasteiger partial charge in [0.2, 0.25) is 0 Å². The first-order valence-electron chi connectivity index (χ1n) is 5.57. The average molecular weight is 362 g/mol. The van der Waals surface area contributed by atoms with Crippen molar-refractivity contribution in [3.8, 4) is 5.75 Å². The molecule has 0 unspecified atom stereocenters. The summed E-state index contributed by atoms with van der Waals surface area (Å²) in [6.45, 7) is -0.392. The van der Waals surface area contributed by atoms with Crippen molar-refractivity contribution < 1.29 is 19.8 Å². The SMILES string of the molecule is O=C1C=C(Nc2cc(Cl)cc(Br)c2O)C(=O)N1CCO. The number of aliphatic hydroxyl groups excluding tert-OH is 1. The minimum Gasteiger partial charge on any atom is -0.505 e. The number of nitrogens with zero attached hydrogens (tertiary/aromatic N) is 1. The number of β-amino-alcohol motifs (C(OH)–C–C–N with tert-alkyl or cyclic N) is 1. The summed E-state index contributed by atoms with van der Waals surface area (Å²) in [6.07, 6.45) is 1.10. The minimum absolute atomic E-state index is 0.00733. The van der Waals surface area contributed by atoms with Crippen LogP contribution in [0.2, 0.25) is 5.02 Å². The number of phenols is 1. The van der Waals surface area contributed by atoms with Crippen LogP contribution in [-0.2, 0) is 9.59 Å². The lowest BCUT2D eigenvalue weighted by molar-refractivity contribution is -0.137. The molecule has 1 aromatic rings. The Balaban J connectivity index is 2.26. The van der Waals surface area contributed by atoms with Gasteiger partial charge in [0.15, 0.2) is 5.75 Å². The van der Waals surface area contributed by atoms with Crippen LogP contribution in [0.15, 0.2) is 28.4 Å². The fourth-order valence-electron chi connectivity index (χ4n) is 1.72. The minimum atomic E-state index is -0.570. The number of hydrogen-bond donors (Lipinski definition) is 3. The average Bonchev–Trinajstić information content (AvgIpc) is 2.63. The van der Waals surface area contributed by atoms with E-state index in [2.05, 4.69) is 21.2 Å². The van der Waals surface area contributed by atoms with Crippen LogP contribution in [0.3, 0.4) is 0 Å². The number of carbonyl (C=O) groups excluding carboxylic acids is 2. The van der Waals surface area contributed by atoms with Gasteiger partial charge in [-0.15, -0.1) is 0 Å². The standard InChI is InChI=1S/C12H10BrClN2O4/c13-7-3-6(14)4-8(11(7)19)15-9-5-10(18)16(1-2-17)12(9)20/h3-5,15,17,19H,1-2H2. The molecule has 0 saturated carbocycles. The highest BCUT2D eigenvalue weighted by molar-refractivity contribution is 9.10. The van der Waals surface area contributed by atoms with Crippen molar-refractivity contribution in [1.29, 1.82) is 0 Å². The number of phenolic OH excluding ortho intramolecular Hbond substituents is 1. The second-order valence-corrected chi connectivity index (χ2v) is 5.28. The van der Waals surface area contributed by atoms with Gasteiger partial charge in [-0.3, -0.25) is 14.5 Å². The Morgan fingerprint density at radius 1 is 1.35 bits per heavy atom. The number of imide groups is 1. The molecule has 2 amide bonds. The summed E-state index contributed by atoms with van der Waals surface area (Å²) < 4.78 is 0.358. The fraction of sp³-hybridized carbons (Fsp3) is 0.167. The molecule has 0 aromatic heterocycles. The van der Waals surface area contributed by atoms with Crippen molar-refractivity contribution in [2.24, 2.45) is 0 Å². The van der Waals surface area contributed by atoms with E-state index >= 15 is 0 Å². The van der Waals surface area contributed by atoms with Gasteiger partial charge < -0.3 is 15.5 Å². The molecule has 0 atom stereocenters. The van der Waals surface area contributed by atoms with Gasteiger partial charge in [0, 0.05) is 11.1 Å². The Kier molecular flexibility index (Phi) is 4.32. The maximum absolute atomic E-state index is 11.9. The number of aliphatic hydroxyl groups is 1. The molecule has 0 saturated heterocycles. The van der Waals surface area contributed by atoms with Crippen molar-refractivity contribution in [3.05, 3.63) is 33.4 Å². The molecule has 106 valence electrons. The summed E-state index contributed by atoms with van der Waals surface area (Å²) in [6, 6.07) is 2.92. The lowest BCUT2D eigenvalue weighted by Crippen LogP contribution is -2.34. The Morgan fingerprint density at radius 2 is 2.05 bits per heavy atom. The summed E-state index contributed by atoms with van der Waals surface area (Å²) >= 11 is 8.98. The van der Waals surface area contributed by atoms with Gasteiger partial charge in [-0.25, -0.2) is 0 Å². The van der Waals surface area contributed by atoms with Crippen molar-refractivity contribution in [2.75, 3.05) is 18.5 Å². The lowest BCUT2D eigenvalue weighted by Gasteiger charge is -2.14. The van der Waals surface area contributed by atoms with E-state index in [9.17, 15) is 14.7 Å². The molecule has 1 aliphatic heterocycles. The first-order chi connectivity index (χ1) is 9.43. The highest BCUT2D eigenvalue weighted by Gasteiger charge is 2.31. The van der Waals surface area contributed by atoms with E-state index in [-0.39, 0.29) is 30.3 Å². The first-order valence-corrected chi connectivity index (χ1v) is 6.74. The third-order valence-corrected chi connectivity index (χ3v) is 3.45. The third-order valence-electron chi connectivity index (χ3n) is 2.63. The van der Waals surface area contributed by atoms with Crippen LogP contribution in [-0.4, -0.2) is 40.1 Å². The zero-order valence-electron chi connectivity index (χ0n) is 10.1. The monoisotopic (exact) mass is 360 g/mol. The highest BCUT2D eigenvalue weighted by atomic mass is 79.9. The molecule has 0 fully saturated rings. The van der Waals surface area contributed by atoms with Crippen LogP contribution in [0.25, 0.3) is 0 Å². The number of rotatable bonds is 4. The van der Waals surface area contributed by atoms with E-state index in [0.29, 0.717) is 9.50 Å². The van der Waals surface area contributed by atoms with Crippen molar-refractivity contribution >= 4 is 45.0 Å². The predicted molar refractivity (Wildman–Crippen MR) is 76.3 cm³/mol. The quantitative estimate of drug-likeness (QED) is 0.558. The third kappa shape index (κ3) is 2.79. The van der Waals surface area contributed by atoms with Gasteiger partial charge >= 0.3 is 0 Å². The van der Waals surface area contributed by atoms with E-state index in [1.165, 1.54) is 12.1 Å². The molecule has 0 radical (unpaired) electrons. The Labute approximate surface area is 127 Å². The van der Waals surface area contributed by atoms with E-state index < -0.39 is 11.8 Å². The number of aromatic hydroxyl groups is 1. The number of nitrogens with one attached hydrogen (secondary N) is 1. The van der Waals surface area contributed by atoms with Crippen LogP contribution >= 0.6 is 27.5 Å². The second kappa shape index (κ2) is 5.82. The summed E-state index contributed by atoms with van der Waals surface area (Å²) in [5, 5.41) is 21.7. The summed E-state index contributed by atoms with van der Waals surface area (Å²) in [7, 11) is 0. The molecular weight excluding hydrogens is 351 g/mol. The van der Waals surface area contributed by atoms with Gasteiger partial charge in [-0.05, 0) is 28.1 Å². The van der Waals surface area contributed by atoms with Crippen molar-refractivity contribution in [3.63, 3.8) is 0 Å². The fourth-order valence-corrected chi connectivity index (χ4v) is 2.53. The number of amides is 2. The number of halogens is 2. The molecule has 1 aliphatic rings. The van der Waals surface area contributed by atoms with Crippen LogP contribution < -0.4 is 5.32 Å². The van der Waals surface area contributed by atoms with Crippen molar-refractivity contribution in [1.82, 2.24) is 4.90 Å². The molecule has 6 nitrogen and oxygen atoms in total. The number of carbonyl (C=O) groups is 2. The lowest BCUT2D eigenvalue weighted by atomic mass is 10.2. The molecule has 2 rings (SSSR count). The van der Waals surface area contributed by atoms with Crippen LogP contribution in [0.5, 0.6) is 5.75 Å². The molecule has 0 aliphatic carbocycles. The Morgan fingerprint density at radius 3 is 2.70 bits per heavy atom. The second-order valence-electron chi connectivity index (χ2n) is 3.99. The molecule has 0 spiro atoms. The maximum Gasteiger partial charge on any atom is 0.277 e. The molecule has 0 bridgehead atoms. The zero-order valence-corrected chi connectivity index (χ0v) is 12.4. The molecule has 20 heavy (non-hydrogen) atoms. The molecule has 8 heteroatoms. The van der Waals surface area contributed by atoms with Crippen LogP contribution in [0, 0.1) is 0 Å². The van der Waals surface area contributed by atoms with Gasteiger partial charge in [0.25, 0.3) is 11.8 Å². The van der Waals surface area contributed by atoms with E-state index in [1.54, 1.807) is 0 Å². The van der Waals surface area contributed by atoms with E-state index in [4.69, 9.17) is 16.7 Å². The van der Waals surface area contributed by atoms with Gasteiger partial charge in [0.1, 0.15) is 5.70 Å². The summed E-state index contributed by atoms with van der Waals surface area (Å²) in [5.74, 6) is -1.22. The molecule has 3 N–H and O–H groups in total. The maximum atomic E-state index is 11.9. The highest BCUT2D eigenvalue weighted by Crippen LogP contribution is 2.36. The molecule has 1 heterocycles. The predicted octanol–water partition coefficient (Wildman–Crippen LogP) is 1.46. The smallest absolute Gasteiger partial charge is 0.277 e. The topological polar surface area (TPSA) is 89.9 Å². The summed E-state index contributed by atoms with van der Waals surface area (Å²) in [4.78, 5) is 24.4. The van der Waals surface area contributed by atoms with E-state index in [0.717, 1.165) is 11.0 Å².